The van der Waals surface area contributed by atoms with Crippen molar-refractivity contribution in [2.45, 2.75) is 220 Å². The van der Waals surface area contributed by atoms with Crippen molar-refractivity contribution in [1.82, 2.24) is 35.1 Å². The summed E-state index contributed by atoms with van der Waals surface area (Å²) in [4.78, 5) is 85.0. The lowest BCUT2D eigenvalue weighted by atomic mass is 9.78. The molecule has 1 saturated carbocycles. The van der Waals surface area contributed by atoms with E-state index in [2.05, 4.69) is 26.8 Å². The van der Waals surface area contributed by atoms with Crippen LogP contribution in [0.5, 0.6) is 40.2 Å². The minimum Gasteiger partial charge on any atom is -0.493 e. The van der Waals surface area contributed by atoms with Gasteiger partial charge in [0, 0.05) is 101 Å². The van der Waals surface area contributed by atoms with E-state index in [-0.39, 0.29) is 156 Å². The Kier molecular flexibility index (Phi) is 34.5. The number of carbonyl (C=O) groups is 5. The van der Waals surface area contributed by atoms with Crippen LogP contribution in [0.25, 0.3) is 6.08 Å². The van der Waals surface area contributed by atoms with Crippen LogP contribution in [0.4, 0.5) is 0 Å². The molecule has 6 aromatic rings. The quantitative estimate of drug-likeness (QED) is 0.0102. The fraction of sp³-hybridized carbons (Fsp3) is 0.519. The van der Waals surface area contributed by atoms with Crippen molar-refractivity contribution in [3.05, 3.63) is 211 Å². The Labute approximate surface area is 840 Å². The Bertz CT molecular complexity index is 6360. The molecule has 4 aromatic carbocycles. The Hall–Kier alpha value is -11.3. The molecule has 40 heteroatoms. The molecule has 0 bridgehead atoms. The van der Waals surface area contributed by atoms with Gasteiger partial charge in [-0.25, -0.2) is 9.00 Å². The minimum atomic E-state index is -5.11. The van der Waals surface area contributed by atoms with Crippen molar-refractivity contribution < 1.29 is 129 Å². The Morgan fingerprint density at radius 3 is 2.05 bits per heavy atom. The maximum atomic E-state index is 15.2. The molecule has 1 saturated heterocycles. The lowest BCUT2D eigenvalue weighted by Gasteiger charge is -2.34. The molecule has 3 aliphatic carbocycles. The standard InChI is InChI=1S/C104H132N8O29S3/c1-16-76-77-45-74(31-33-81(77)107-93-78(76)49-111-82(93)46-80-79(97(111)119)53-135-99(120)104(80,121)17-2)138-142(15,122)55-71-40-68(54-143(123,124)140-87-41-64(24-36-85(87)127-11)18-19-67-42-89(128-12)94(130-14)90(43-67)129-13)25-35-84(71)134-51-66-22-29-73(30-23-66)139-144(125,126)141-88-44-70(28-37-86(88)137-98-83(114)34-32-75(50-113)136-98)96(118)106-57-101(5,6)59-132-61-102(7,8)58-110-48-72(108-109-110)52-131-62-103(9,10)63-133-60-100(3,4)56-105-95(117)69-26-20-65(21-27-69)47-112-91(115)38-39-92(112)116/h18-19,22-25,28-30,33,35-44,46,48,65,69,74-75,77,83,85,87,98,113-114,121H,15-17,20-21,26-27,31-32,34,45,47,49-63H2,1-14H3,(H,105,117)(H,106,118)/b19-18-/t65?,69?,74?,75-,77?,83+,85?,87?,98?,104-,142?/m1/s1. The molecule has 2 aromatic heterocycles. The van der Waals surface area contributed by atoms with Crippen LogP contribution in [0.1, 0.15) is 189 Å². The van der Waals surface area contributed by atoms with Crippen LogP contribution in [-0.2, 0) is 136 Å². The van der Waals surface area contributed by atoms with Crippen molar-refractivity contribution in [3.63, 3.8) is 0 Å². The highest BCUT2D eigenvalue weighted by molar-refractivity contribution is 7.95. The van der Waals surface area contributed by atoms with Gasteiger partial charge >= 0.3 is 16.4 Å². The summed E-state index contributed by atoms with van der Waals surface area (Å²) in [5.41, 5.74) is 2.52. The number of benzene rings is 4. The van der Waals surface area contributed by atoms with Crippen LogP contribution in [0, 0.1) is 39.4 Å². The number of aliphatic imine (C=N–C) groups is 1. The highest BCUT2D eigenvalue weighted by Gasteiger charge is 2.48. The molecule has 37 nitrogen and oxygen atoms in total. The monoisotopic (exact) mass is 2050 g/mol. The van der Waals surface area contributed by atoms with Gasteiger partial charge < -0.3 is 91.0 Å². The topological polar surface area (TPSA) is 462 Å². The molecule has 2 fully saturated rings. The molecule has 5 aliphatic heterocycles. The third-order valence-electron chi connectivity index (χ3n) is 26.5. The zero-order valence-corrected chi connectivity index (χ0v) is 86.3. The lowest BCUT2D eigenvalue weighted by Crippen LogP contribution is -2.44. The molecule has 5 N–H and O–H groups in total. The van der Waals surface area contributed by atoms with Gasteiger partial charge in [-0.2, -0.15) is 8.42 Å². The van der Waals surface area contributed by atoms with Gasteiger partial charge in [0.25, 0.3) is 33.4 Å². The number of imide groups is 1. The first-order valence-corrected chi connectivity index (χ1v) is 53.0. The van der Waals surface area contributed by atoms with Crippen LogP contribution < -0.4 is 48.2 Å². The number of pyridine rings is 1. The number of ether oxygens (including phenoxy) is 11. The summed E-state index contributed by atoms with van der Waals surface area (Å²) in [5, 5.41) is 47.3. The van der Waals surface area contributed by atoms with Crippen molar-refractivity contribution >= 4 is 77.6 Å². The summed E-state index contributed by atoms with van der Waals surface area (Å²) < 4.78 is 164. The van der Waals surface area contributed by atoms with Gasteiger partial charge in [0.1, 0.15) is 54.5 Å². The molecule has 14 rings (SSSR count). The van der Waals surface area contributed by atoms with E-state index in [9.17, 15) is 60.9 Å². The summed E-state index contributed by atoms with van der Waals surface area (Å²) in [6.45, 7) is 22.3. The smallest absolute Gasteiger partial charge is 0.493 e. The van der Waals surface area contributed by atoms with E-state index in [0.29, 0.717) is 135 Å². The largest absolute Gasteiger partial charge is 0.501 e. The van der Waals surface area contributed by atoms with E-state index in [1.807, 2.05) is 74.6 Å². The summed E-state index contributed by atoms with van der Waals surface area (Å²) in [7, 11) is -7.26. The average molecular weight is 2050 g/mol. The zero-order chi connectivity index (χ0) is 104. The summed E-state index contributed by atoms with van der Waals surface area (Å²) >= 11 is 0. The first kappa shape index (κ1) is 108. The van der Waals surface area contributed by atoms with Gasteiger partial charge in [0.15, 0.2) is 28.6 Å². The summed E-state index contributed by atoms with van der Waals surface area (Å²) in [5.74, 6) is 1.20. The van der Waals surface area contributed by atoms with Gasteiger partial charge in [-0.3, -0.25) is 46.9 Å². The zero-order valence-electron chi connectivity index (χ0n) is 83.9. The predicted molar refractivity (Wildman–Crippen MR) is 532 cm³/mol. The van der Waals surface area contributed by atoms with E-state index >= 15 is 4.21 Å². The number of dihydropyridines is 1. The lowest BCUT2D eigenvalue weighted by molar-refractivity contribution is -0.208. The van der Waals surface area contributed by atoms with Crippen LogP contribution in [0.2, 0.25) is 0 Å². The second-order valence-electron chi connectivity index (χ2n) is 40.9. The van der Waals surface area contributed by atoms with Gasteiger partial charge in [-0.1, -0.05) is 129 Å². The number of esters is 1. The molecule has 6 unspecified atom stereocenters. The van der Waals surface area contributed by atoms with Crippen LogP contribution >= 0.6 is 0 Å². The highest BCUT2D eigenvalue weighted by Crippen LogP contribution is 2.47. The van der Waals surface area contributed by atoms with E-state index in [1.165, 1.54) is 100 Å². The second kappa shape index (κ2) is 45.8. The molecule has 0 spiro atoms. The normalized spacial score (nSPS) is 22.3. The molecule has 8 aliphatic rings. The molecule has 9 atom stereocenters. The third-order valence-corrected chi connectivity index (χ3v) is 29.8. The van der Waals surface area contributed by atoms with Crippen molar-refractivity contribution in [2.24, 2.45) is 44.4 Å². The molecule has 4 amide bonds. The number of nitrogens with zero attached hydrogens (tertiary/aromatic N) is 6. The van der Waals surface area contributed by atoms with Crippen LogP contribution in [-0.4, -0.2) is 227 Å². The number of aliphatic hydroxyl groups is 3. The highest BCUT2D eigenvalue weighted by atomic mass is 32.3. The second-order valence-corrected chi connectivity index (χ2v) is 45.6. The van der Waals surface area contributed by atoms with Gasteiger partial charge in [0.05, 0.1) is 125 Å². The van der Waals surface area contributed by atoms with E-state index in [1.54, 1.807) is 64.8 Å². The fourth-order valence-corrected chi connectivity index (χ4v) is 22.1. The minimum absolute atomic E-state index is 0.00879. The first-order valence-electron chi connectivity index (χ1n) is 48.3. The first-order chi connectivity index (χ1) is 68.3. The van der Waals surface area contributed by atoms with E-state index in [0.717, 1.165) is 30.1 Å². The number of amides is 4. The molecular weight excluding hydrogens is 1920 g/mol. The number of methoxy groups -OCH3 is 4. The number of nitrogens with one attached hydrogen (secondary N) is 2. The van der Waals surface area contributed by atoms with Gasteiger partial charge in [0.2, 0.25) is 17.9 Å². The number of hydrogen-bond donors (Lipinski definition) is 5. The molecule has 7 heterocycles. The number of aliphatic hydroxyl groups excluding tert-OH is 2. The molecule has 0 radical (unpaired) electrons. The van der Waals surface area contributed by atoms with Crippen molar-refractivity contribution in [3.8, 4) is 40.2 Å². The van der Waals surface area contributed by atoms with Crippen molar-refractivity contribution in [1.29, 1.82) is 0 Å². The third kappa shape index (κ3) is 27.3. The van der Waals surface area contributed by atoms with E-state index in [4.69, 9.17) is 73.8 Å². The fourth-order valence-electron chi connectivity index (χ4n) is 18.8. The maximum Gasteiger partial charge on any atom is 0.501 e. The van der Waals surface area contributed by atoms with E-state index < -0.39 is 119 Å². The van der Waals surface area contributed by atoms with Gasteiger partial charge in [-0.05, 0) is 171 Å². The molecule has 144 heavy (non-hydrogen) atoms. The summed E-state index contributed by atoms with van der Waals surface area (Å²) in [6.07, 6.45) is 13.5. The molecular formula is C104H132N8O29S3. The number of hydrogen-bond acceptors (Lipinski definition) is 32. The predicted octanol–water partition coefficient (Wildman–Crippen LogP) is 11.0. The number of allylic oxidation sites excluding steroid dienone is 5. The average Bonchev–Trinajstić information content (AvgIpc) is 1.55. The Morgan fingerprint density at radius 1 is 0.701 bits per heavy atom. The Balaban J connectivity index is 0.593. The van der Waals surface area contributed by atoms with Crippen LogP contribution in [0.15, 0.2) is 160 Å². The number of aromatic nitrogens is 4. The number of rotatable bonds is 48. The molecule has 780 valence electrons. The summed E-state index contributed by atoms with van der Waals surface area (Å²) in [6, 6.07) is 19.2. The Morgan fingerprint density at radius 2 is 1.38 bits per heavy atom. The van der Waals surface area contributed by atoms with Crippen LogP contribution in [0.3, 0.4) is 0 Å². The number of fused-ring (bicyclic) bond motifs is 5. The number of carbonyl (C=O) groups excluding carboxylic acids is 5. The SMILES string of the molecule is C=S(=O)(Cc1cc(CS(=O)(=O)OC2C=C(/C=C\c3cc(OC)c(OC)c(OC)c3)C=CC2OC)ccc1OCc1ccc(OS(=O)(=O)Oc2cc(C(=O)NCC(C)(C)COCC(C)(C)Cn3cc(COCC(C)(C)COCC(C)(C)CNC(=O)C4CCC(CN5C(=O)C=CC5=O)CC4)nn3)ccc2OC2O[C@@H](CO)CC[C@@H]2O)cc1)OC1CC=C2N=C3C(=C(CC)C2C1)Cn1c3cc2c(c1=O)COC(=O)[C@@]2(O)CC. The number of cyclic esters (lactones) is 1. The maximum absolute atomic E-state index is 15.2. The van der Waals surface area contributed by atoms with Gasteiger partial charge in [-0.15, -0.1) is 13.5 Å². The van der Waals surface area contributed by atoms with Crippen molar-refractivity contribution in [2.75, 3.05) is 87.7 Å².